The molecule has 2 aliphatic rings. The standard InChI is InChI=1S/C38H38Si/c1-37(2,3)28-22-21-27-23-33-32(31(27)24-28)25-34(38(4,5)6)36(35(33)26-15-13-14-16-26)39(29-17-9-7-10-18-29)30-19-11-8-12-20-30/h7-15,17-25H,16H2,1-6H3. The van der Waals surface area contributed by atoms with E-state index in [2.05, 4.69) is 151 Å². The summed E-state index contributed by atoms with van der Waals surface area (Å²) in [5.41, 5.74) is 7.30. The van der Waals surface area contributed by atoms with Crippen molar-refractivity contribution in [1.82, 2.24) is 0 Å². The molecule has 4 aromatic carbocycles. The van der Waals surface area contributed by atoms with E-state index in [0.717, 1.165) is 6.42 Å². The molecular formula is C38H38Si. The Balaban J connectivity index is 1.90. The Labute approximate surface area is 234 Å². The fourth-order valence-corrected chi connectivity index (χ4v) is 9.31. The van der Waals surface area contributed by atoms with E-state index in [-0.39, 0.29) is 10.8 Å². The van der Waals surface area contributed by atoms with Gasteiger partial charge < -0.3 is 0 Å². The highest BCUT2D eigenvalue weighted by atomic mass is 28.2. The number of hydrogen-bond acceptors (Lipinski definition) is 0. The molecule has 0 atom stereocenters. The average Bonchev–Trinajstić information content (AvgIpc) is 3.56. The van der Waals surface area contributed by atoms with Crippen molar-refractivity contribution in [1.29, 1.82) is 0 Å². The van der Waals surface area contributed by atoms with Crippen LogP contribution in [-0.2, 0) is 10.8 Å². The van der Waals surface area contributed by atoms with E-state index in [1.807, 2.05) is 0 Å². The minimum absolute atomic E-state index is 0.00439. The number of fused-ring (bicyclic) bond motifs is 2. The monoisotopic (exact) mass is 522 g/mol. The second-order valence-electron chi connectivity index (χ2n) is 13.0. The number of allylic oxidation sites excluding steroid dienone is 4. The molecule has 0 unspecified atom stereocenters. The van der Waals surface area contributed by atoms with Gasteiger partial charge in [-0.3, -0.25) is 0 Å². The molecule has 1 heteroatoms. The lowest BCUT2D eigenvalue weighted by molar-refractivity contribution is 0.586. The van der Waals surface area contributed by atoms with Gasteiger partial charge in [0.15, 0.2) is 0 Å². The van der Waals surface area contributed by atoms with Crippen LogP contribution in [0.2, 0.25) is 0 Å². The number of hydrogen-bond donors (Lipinski definition) is 0. The van der Waals surface area contributed by atoms with Gasteiger partial charge in [0, 0.05) is 0 Å². The maximum Gasteiger partial charge on any atom is 0.0888 e. The van der Waals surface area contributed by atoms with E-state index < -0.39 is 8.41 Å². The molecule has 0 fully saturated rings. The molecule has 0 saturated heterocycles. The number of benzene rings is 4. The maximum atomic E-state index is 2.56. The predicted molar refractivity (Wildman–Crippen MR) is 170 cm³/mol. The van der Waals surface area contributed by atoms with Crippen LogP contribution in [0.15, 0.2) is 103 Å². The van der Waals surface area contributed by atoms with Crippen molar-refractivity contribution in [2.75, 3.05) is 0 Å². The SMILES string of the molecule is CC(C)(C)c1ccc2c(c1)=c1cc(C(C)(C)C)c(=[Si](c3ccccc3)c3ccccc3)c(C3=CC=CC3)c1C=2. The van der Waals surface area contributed by atoms with Crippen LogP contribution in [0.3, 0.4) is 0 Å². The summed E-state index contributed by atoms with van der Waals surface area (Å²) in [5, 5.41) is 7.01. The van der Waals surface area contributed by atoms with Gasteiger partial charge >= 0.3 is 0 Å². The summed E-state index contributed by atoms with van der Waals surface area (Å²) in [4.78, 5) is 1.55. The van der Waals surface area contributed by atoms with Crippen molar-refractivity contribution in [3.63, 3.8) is 0 Å². The highest BCUT2D eigenvalue weighted by molar-refractivity contribution is 6.78. The smallest absolute Gasteiger partial charge is 0.0801 e. The highest BCUT2D eigenvalue weighted by Crippen LogP contribution is 2.36. The quantitative estimate of drug-likeness (QED) is 0.220. The Kier molecular flexibility index (Phi) is 6.31. The molecule has 0 heterocycles. The molecule has 39 heavy (non-hydrogen) atoms. The van der Waals surface area contributed by atoms with E-state index in [1.54, 1.807) is 4.81 Å². The third-order valence-corrected chi connectivity index (χ3v) is 11.0. The van der Waals surface area contributed by atoms with E-state index in [1.165, 1.54) is 53.9 Å². The molecular weight excluding hydrogens is 485 g/mol. The van der Waals surface area contributed by atoms with Gasteiger partial charge in [-0.25, -0.2) is 0 Å². The molecule has 0 aliphatic heterocycles. The van der Waals surface area contributed by atoms with Crippen LogP contribution in [0, 0.1) is 15.3 Å². The second kappa shape index (κ2) is 9.57. The molecule has 0 spiro atoms. The first-order valence-electron chi connectivity index (χ1n) is 14.2. The second-order valence-corrected chi connectivity index (χ2v) is 15.4. The van der Waals surface area contributed by atoms with E-state index in [9.17, 15) is 0 Å². The summed E-state index contributed by atoms with van der Waals surface area (Å²) in [6.45, 7) is 14.1. The van der Waals surface area contributed by atoms with Crippen LogP contribution in [0.4, 0.5) is 0 Å². The Bertz CT molecular complexity index is 1820. The molecule has 2 aliphatic carbocycles. The largest absolute Gasteiger partial charge is 0.0888 e. The first kappa shape index (κ1) is 25.7. The molecule has 0 amide bonds. The van der Waals surface area contributed by atoms with Gasteiger partial charge in [-0.1, -0.05) is 139 Å². The minimum atomic E-state index is -1.28. The van der Waals surface area contributed by atoms with E-state index in [4.69, 9.17) is 0 Å². The lowest BCUT2D eigenvalue weighted by atomic mass is 9.83. The Morgan fingerprint density at radius 3 is 1.85 bits per heavy atom. The Hall–Kier alpha value is -3.55. The number of rotatable bonds is 3. The molecule has 194 valence electrons. The van der Waals surface area contributed by atoms with E-state index >= 15 is 0 Å². The molecule has 0 bridgehead atoms. The summed E-state index contributed by atoms with van der Waals surface area (Å²) in [6, 6.07) is 32.2. The van der Waals surface area contributed by atoms with Crippen molar-refractivity contribution in [2.45, 2.75) is 58.8 Å². The van der Waals surface area contributed by atoms with Gasteiger partial charge in [0.2, 0.25) is 0 Å². The highest BCUT2D eigenvalue weighted by Gasteiger charge is 2.26. The first-order valence-corrected chi connectivity index (χ1v) is 15.7. The zero-order valence-corrected chi connectivity index (χ0v) is 25.1. The van der Waals surface area contributed by atoms with Crippen LogP contribution in [-0.4, -0.2) is 8.41 Å². The maximum absolute atomic E-state index is 2.56. The zero-order chi connectivity index (χ0) is 27.4. The molecule has 0 radical (unpaired) electrons. The molecule has 6 rings (SSSR count). The normalized spacial score (nSPS) is 14.1. The van der Waals surface area contributed by atoms with Crippen LogP contribution in [0.25, 0.3) is 11.6 Å². The van der Waals surface area contributed by atoms with Crippen molar-refractivity contribution < 1.29 is 0 Å². The Morgan fingerprint density at radius 2 is 1.31 bits per heavy atom. The minimum Gasteiger partial charge on any atom is -0.0801 e. The topological polar surface area (TPSA) is 0 Å². The van der Waals surface area contributed by atoms with Gasteiger partial charge in [-0.05, 0) is 88.1 Å². The van der Waals surface area contributed by atoms with E-state index in [0.29, 0.717) is 0 Å². The predicted octanol–water partition coefficient (Wildman–Crippen LogP) is 7.20. The summed E-state index contributed by atoms with van der Waals surface area (Å²) in [7, 11) is -1.28. The van der Waals surface area contributed by atoms with Gasteiger partial charge in [-0.15, -0.1) is 0 Å². The Morgan fingerprint density at radius 1 is 0.667 bits per heavy atom. The van der Waals surface area contributed by atoms with Crippen LogP contribution < -0.4 is 15.6 Å². The van der Waals surface area contributed by atoms with Crippen molar-refractivity contribution in [2.24, 2.45) is 0 Å². The molecule has 0 nitrogen and oxygen atoms in total. The third kappa shape index (κ3) is 4.64. The molecule has 4 aromatic rings. The van der Waals surface area contributed by atoms with Crippen molar-refractivity contribution in [3.05, 3.63) is 146 Å². The van der Waals surface area contributed by atoms with Gasteiger partial charge in [0.25, 0.3) is 0 Å². The lowest BCUT2D eigenvalue weighted by Gasteiger charge is -2.26. The van der Waals surface area contributed by atoms with Crippen molar-refractivity contribution >= 4 is 30.4 Å². The summed E-state index contributed by atoms with van der Waals surface area (Å²) >= 11 is 0. The third-order valence-electron chi connectivity index (χ3n) is 8.15. The first-order chi connectivity index (χ1) is 18.6. The molecule has 0 N–H and O–H groups in total. The fourth-order valence-electron chi connectivity index (χ4n) is 6.09. The fraction of sp³-hybridized carbons (Fsp3) is 0.237. The summed E-state index contributed by atoms with van der Waals surface area (Å²) in [6.07, 6.45) is 10.4. The van der Waals surface area contributed by atoms with Crippen LogP contribution in [0.1, 0.15) is 70.2 Å². The summed E-state index contributed by atoms with van der Waals surface area (Å²) < 4.78 is 0. The van der Waals surface area contributed by atoms with Gasteiger partial charge in [-0.2, -0.15) is 0 Å². The average molecular weight is 523 g/mol. The molecule has 0 saturated carbocycles. The lowest BCUT2D eigenvalue weighted by Crippen LogP contribution is -2.37. The van der Waals surface area contributed by atoms with Crippen LogP contribution in [0.5, 0.6) is 0 Å². The van der Waals surface area contributed by atoms with Crippen LogP contribution >= 0.6 is 0 Å². The van der Waals surface area contributed by atoms with Gasteiger partial charge in [0.1, 0.15) is 0 Å². The van der Waals surface area contributed by atoms with Gasteiger partial charge in [0.05, 0.1) is 8.41 Å². The zero-order valence-electron chi connectivity index (χ0n) is 24.1. The summed E-state index contributed by atoms with van der Waals surface area (Å²) in [5.74, 6) is 0. The van der Waals surface area contributed by atoms with Crippen molar-refractivity contribution in [3.8, 4) is 0 Å². The molecule has 0 aromatic heterocycles.